The Kier molecular flexibility index (Phi) is 4.84. The van der Waals surface area contributed by atoms with Crippen molar-refractivity contribution < 1.29 is 14.4 Å². The summed E-state index contributed by atoms with van der Waals surface area (Å²) in [6.07, 6.45) is 0.679. The number of thioether (sulfide) groups is 1. The van der Waals surface area contributed by atoms with Crippen molar-refractivity contribution in [3.63, 3.8) is 0 Å². The Morgan fingerprint density at radius 2 is 2.05 bits per heavy atom. The number of carbonyl (C=O) groups excluding carboxylic acids is 3. The second-order valence-electron chi connectivity index (χ2n) is 5.42. The van der Waals surface area contributed by atoms with Crippen LogP contribution in [0.5, 0.6) is 0 Å². The predicted molar refractivity (Wildman–Crippen MR) is 74.2 cm³/mol. The average molecular weight is 287 g/mol. The number of amides is 3. The van der Waals surface area contributed by atoms with Crippen LogP contribution in [-0.2, 0) is 14.4 Å². The zero-order chi connectivity index (χ0) is 14.8. The maximum absolute atomic E-state index is 12.2. The summed E-state index contributed by atoms with van der Waals surface area (Å²) in [5.74, 6) is -0.469. The van der Waals surface area contributed by atoms with Crippen molar-refractivity contribution in [2.45, 2.75) is 44.6 Å². The summed E-state index contributed by atoms with van der Waals surface area (Å²) in [5, 5.41) is 2.63. The molecule has 0 saturated carbocycles. The topological polar surface area (TPSA) is 92.5 Å². The van der Waals surface area contributed by atoms with Gasteiger partial charge >= 0.3 is 0 Å². The minimum absolute atomic E-state index is 0.0896. The van der Waals surface area contributed by atoms with Crippen molar-refractivity contribution in [1.82, 2.24) is 10.2 Å². The Labute approximate surface area is 117 Å². The van der Waals surface area contributed by atoms with E-state index in [0.717, 1.165) is 0 Å². The number of nitrogens with one attached hydrogen (secondary N) is 1. The highest BCUT2D eigenvalue weighted by Gasteiger charge is 2.43. The molecule has 7 heteroatoms. The van der Waals surface area contributed by atoms with Crippen LogP contribution < -0.4 is 11.1 Å². The molecule has 3 amide bonds. The molecule has 0 bridgehead atoms. The van der Waals surface area contributed by atoms with Crippen LogP contribution in [0.15, 0.2) is 0 Å². The lowest BCUT2D eigenvalue weighted by molar-refractivity contribution is -0.135. The van der Waals surface area contributed by atoms with Crippen molar-refractivity contribution in [1.29, 1.82) is 0 Å². The van der Waals surface area contributed by atoms with Gasteiger partial charge in [-0.2, -0.15) is 0 Å². The second-order valence-corrected chi connectivity index (χ2v) is 7.04. The maximum Gasteiger partial charge on any atom is 0.244 e. The number of primary amides is 1. The summed E-state index contributed by atoms with van der Waals surface area (Å²) in [5.41, 5.74) is 5.26. The first-order valence-corrected chi connectivity index (χ1v) is 7.16. The zero-order valence-electron chi connectivity index (χ0n) is 11.7. The molecule has 0 aromatic carbocycles. The SMILES string of the molecule is CC(C)C(NC(=O)C1CSC(C)(C)N1C=O)C(N)=O. The Morgan fingerprint density at radius 3 is 2.47 bits per heavy atom. The first kappa shape index (κ1) is 15.8. The normalized spacial score (nSPS) is 23.2. The third kappa shape index (κ3) is 3.40. The van der Waals surface area contributed by atoms with Crippen LogP contribution in [0.25, 0.3) is 0 Å². The van der Waals surface area contributed by atoms with Crippen LogP contribution in [0.3, 0.4) is 0 Å². The molecule has 2 atom stereocenters. The van der Waals surface area contributed by atoms with E-state index < -0.39 is 22.9 Å². The summed E-state index contributed by atoms with van der Waals surface area (Å²) < 4.78 is 0. The zero-order valence-corrected chi connectivity index (χ0v) is 12.5. The number of hydrogen-bond donors (Lipinski definition) is 2. The summed E-state index contributed by atoms with van der Waals surface area (Å²) in [7, 11) is 0. The minimum Gasteiger partial charge on any atom is -0.368 e. The van der Waals surface area contributed by atoms with Gasteiger partial charge in [0.2, 0.25) is 18.2 Å². The molecule has 1 saturated heterocycles. The van der Waals surface area contributed by atoms with Crippen LogP contribution in [0.1, 0.15) is 27.7 Å². The second kappa shape index (κ2) is 5.81. The molecule has 1 aliphatic rings. The van der Waals surface area contributed by atoms with E-state index in [0.29, 0.717) is 12.2 Å². The van der Waals surface area contributed by atoms with E-state index in [1.807, 2.05) is 13.8 Å². The van der Waals surface area contributed by atoms with Crippen molar-refractivity contribution in [3.05, 3.63) is 0 Å². The molecule has 1 rings (SSSR count). The van der Waals surface area contributed by atoms with E-state index >= 15 is 0 Å². The van der Waals surface area contributed by atoms with E-state index in [9.17, 15) is 14.4 Å². The predicted octanol–water partition coefficient (Wildman–Crippen LogP) is -0.0776. The van der Waals surface area contributed by atoms with E-state index in [2.05, 4.69) is 5.32 Å². The van der Waals surface area contributed by atoms with Gasteiger partial charge in [0.15, 0.2) is 0 Å². The van der Waals surface area contributed by atoms with Gasteiger partial charge in [0.05, 0.1) is 4.87 Å². The maximum atomic E-state index is 12.2. The highest BCUT2D eigenvalue weighted by Crippen LogP contribution is 2.37. The van der Waals surface area contributed by atoms with E-state index in [4.69, 9.17) is 5.73 Å². The molecule has 3 N–H and O–H groups in total. The number of nitrogens with zero attached hydrogens (tertiary/aromatic N) is 1. The van der Waals surface area contributed by atoms with Gasteiger partial charge in [-0.15, -0.1) is 11.8 Å². The molecule has 1 aliphatic heterocycles. The average Bonchev–Trinajstić information content (AvgIpc) is 2.59. The van der Waals surface area contributed by atoms with Gasteiger partial charge in [0.1, 0.15) is 12.1 Å². The van der Waals surface area contributed by atoms with Crippen LogP contribution in [0.2, 0.25) is 0 Å². The van der Waals surface area contributed by atoms with Crippen LogP contribution in [0, 0.1) is 5.92 Å². The Bertz CT molecular complexity index is 384. The molecule has 1 fully saturated rings. The first-order chi connectivity index (χ1) is 8.70. The van der Waals surface area contributed by atoms with Crippen molar-refractivity contribution >= 4 is 30.0 Å². The van der Waals surface area contributed by atoms with Gasteiger partial charge in [-0.1, -0.05) is 13.8 Å². The Balaban J connectivity index is 2.78. The van der Waals surface area contributed by atoms with Crippen molar-refractivity contribution in [2.75, 3.05) is 5.75 Å². The summed E-state index contributed by atoms with van der Waals surface area (Å²) in [6, 6.07) is -1.27. The lowest BCUT2D eigenvalue weighted by Gasteiger charge is -2.31. The molecule has 0 spiro atoms. The van der Waals surface area contributed by atoms with Gasteiger partial charge < -0.3 is 16.0 Å². The first-order valence-electron chi connectivity index (χ1n) is 6.18. The van der Waals surface area contributed by atoms with Crippen molar-refractivity contribution in [3.8, 4) is 0 Å². The molecular formula is C12H21N3O3S. The van der Waals surface area contributed by atoms with Crippen molar-refractivity contribution in [2.24, 2.45) is 11.7 Å². The highest BCUT2D eigenvalue weighted by atomic mass is 32.2. The lowest BCUT2D eigenvalue weighted by Crippen LogP contribution is -2.55. The van der Waals surface area contributed by atoms with Gasteiger partial charge in [0, 0.05) is 5.75 Å². The van der Waals surface area contributed by atoms with Gasteiger partial charge in [-0.3, -0.25) is 14.4 Å². The molecular weight excluding hydrogens is 266 g/mol. The lowest BCUT2D eigenvalue weighted by atomic mass is 10.0. The van der Waals surface area contributed by atoms with Crippen LogP contribution >= 0.6 is 11.8 Å². The fourth-order valence-corrected chi connectivity index (χ4v) is 3.23. The summed E-state index contributed by atoms with van der Waals surface area (Å²) >= 11 is 1.53. The molecule has 6 nitrogen and oxygen atoms in total. The van der Waals surface area contributed by atoms with E-state index in [-0.39, 0.29) is 11.8 Å². The van der Waals surface area contributed by atoms with Gasteiger partial charge in [0.25, 0.3) is 0 Å². The molecule has 0 radical (unpaired) electrons. The van der Waals surface area contributed by atoms with Crippen LogP contribution in [0.4, 0.5) is 0 Å². The van der Waals surface area contributed by atoms with Gasteiger partial charge in [-0.05, 0) is 19.8 Å². The van der Waals surface area contributed by atoms with E-state index in [1.54, 1.807) is 13.8 Å². The molecule has 108 valence electrons. The molecule has 0 aromatic heterocycles. The van der Waals surface area contributed by atoms with E-state index in [1.165, 1.54) is 16.7 Å². The molecule has 0 aliphatic carbocycles. The monoisotopic (exact) mass is 287 g/mol. The smallest absolute Gasteiger partial charge is 0.244 e. The molecule has 1 heterocycles. The molecule has 19 heavy (non-hydrogen) atoms. The fourth-order valence-electron chi connectivity index (χ4n) is 2.03. The highest BCUT2D eigenvalue weighted by molar-refractivity contribution is 8.00. The Hall–Kier alpha value is -1.24. The largest absolute Gasteiger partial charge is 0.368 e. The molecule has 0 aromatic rings. The number of carbonyl (C=O) groups is 3. The summed E-state index contributed by atoms with van der Waals surface area (Å²) in [4.78, 5) is 35.7. The Morgan fingerprint density at radius 1 is 1.47 bits per heavy atom. The fraction of sp³-hybridized carbons (Fsp3) is 0.750. The van der Waals surface area contributed by atoms with Gasteiger partial charge in [-0.25, -0.2) is 0 Å². The third-order valence-corrected chi connectivity index (χ3v) is 4.64. The standard InChI is InChI=1S/C12H21N3O3S/c1-7(2)9(10(13)17)14-11(18)8-5-19-12(3,4)15(8)6-16/h6-9H,5H2,1-4H3,(H2,13,17)(H,14,18). The summed E-state index contributed by atoms with van der Waals surface area (Å²) in [6.45, 7) is 7.38. The quantitative estimate of drug-likeness (QED) is 0.692. The van der Waals surface area contributed by atoms with Crippen LogP contribution in [-0.4, -0.2) is 45.8 Å². The third-order valence-electron chi connectivity index (χ3n) is 3.24. The molecule has 2 unspecified atom stereocenters. The number of nitrogens with two attached hydrogens (primary N) is 1. The number of rotatable bonds is 5. The number of hydrogen-bond acceptors (Lipinski definition) is 4. The minimum atomic E-state index is -0.713.